The maximum Gasteiger partial charge on any atom is 0.438 e. The SMILES string of the molecule is C=Cc1ccc(C(=O)OC(CS(=O)(=O)[O-])(C(F)(F)F)C(F)(F)F)cc1. The first-order chi connectivity index (χ1) is 11.1. The predicted molar refractivity (Wildman–Crippen MR) is 71.4 cm³/mol. The highest BCUT2D eigenvalue weighted by Gasteiger charge is 2.75. The van der Waals surface area contributed by atoms with Crippen molar-refractivity contribution in [3.05, 3.63) is 42.0 Å². The van der Waals surface area contributed by atoms with Crippen molar-refractivity contribution in [1.82, 2.24) is 0 Å². The minimum atomic E-state index is -6.40. The Bertz CT molecular complexity index is 735. The molecule has 0 fully saturated rings. The second-order valence-electron chi connectivity index (χ2n) is 4.74. The van der Waals surface area contributed by atoms with Crippen molar-refractivity contribution in [3.63, 3.8) is 0 Å². The summed E-state index contributed by atoms with van der Waals surface area (Å²) in [6.45, 7) is 3.35. The average molecular weight is 391 g/mol. The number of hydrogen-bond acceptors (Lipinski definition) is 5. The summed E-state index contributed by atoms with van der Waals surface area (Å²) in [7, 11) is -6.07. The van der Waals surface area contributed by atoms with Gasteiger partial charge in [-0.15, -0.1) is 0 Å². The van der Waals surface area contributed by atoms with Gasteiger partial charge in [0.15, 0.2) is 0 Å². The van der Waals surface area contributed by atoms with Crippen LogP contribution in [0.2, 0.25) is 0 Å². The smallest absolute Gasteiger partial charge is 0.438 e. The Kier molecular flexibility index (Phi) is 5.59. The van der Waals surface area contributed by atoms with E-state index in [1.54, 1.807) is 0 Å². The van der Waals surface area contributed by atoms with Crippen LogP contribution in [0.3, 0.4) is 0 Å². The van der Waals surface area contributed by atoms with Crippen molar-refractivity contribution < 1.29 is 48.8 Å². The predicted octanol–water partition coefficient (Wildman–Crippen LogP) is 2.90. The molecule has 25 heavy (non-hydrogen) atoms. The molecule has 0 aliphatic rings. The molecule has 0 aliphatic carbocycles. The molecule has 0 atom stereocenters. The molecule has 140 valence electrons. The molecular formula is C13H9F6O5S-. The summed E-state index contributed by atoms with van der Waals surface area (Å²) < 4.78 is 113. The zero-order chi connectivity index (χ0) is 19.7. The monoisotopic (exact) mass is 391 g/mol. The third-order valence-electron chi connectivity index (χ3n) is 2.94. The van der Waals surface area contributed by atoms with E-state index in [-0.39, 0.29) is 0 Å². The molecule has 1 aromatic rings. The molecule has 5 nitrogen and oxygen atoms in total. The van der Waals surface area contributed by atoms with Crippen molar-refractivity contribution >= 4 is 22.2 Å². The highest BCUT2D eigenvalue weighted by Crippen LogP contribution is 2.47. The Hall–Kier alpha value is -2.08. The molecule has 0 N–H and O–H groups in total. The second-order valence-corrected chi connectivity index (χ2v) is 6.14. The van der Waals surface area contributed by atoms with Gasteiger partial charge in [0.05, 0.1) is 21.4 Å². The normalized spacial score (nSPS) is 13.4. The minimum absolute atomic E-state index is 0.400. The molecule has 1 rings (SSSR count). The molecule has 1 aromatic carbocycles. The molecule has 0 saturated heterocycles. The Morgan fingerprint density at radius 2 is 1.52 bits per heavy atom. The van der Waals surface area contributed by atoms with Gasteiger partial charge in [-0.25, -0.2) is 13.2 Å². The first-order valence-electron chi connectivity index (χ1n) is 6.16. The van der Waals surface area contributed by atoms with E-state index < -0.39 is 45.4 Å². The van der Waals surface area contributed by atoms with Crippen LogP contribution in [-0.4, -0.2) is 42.6 Å². The molecule has 0 saturated carbocycles. The molecule has 0 radical (unpaired) electrons. The number of ether oxygens (including phenoxy) is 1. The van der Waals surface area contributed by atoms with Crippen LogP contribution < -0.4 is 0 Å². The number of alkyl halides is 6. The quantitative estimate of drug-likeness (QED) is 0.438. The Morgan fingerprint density at radius 3 is 1.84 bits per heavy atom. The lowest BCUT2D eigenvalue weighted by Gasteiger charge is -2.36. The fraction of sp³-hybridized carbons (Fsp3) is 0.308. The van der Waals surface area contributed by atoms with Crippen LogP contribution >= 0.6 is 0 Å². The molecule has 0 aliphatic heterocycles. The van der Waals surface area contributed by atoms with Gasteiger partial charge < -0.3 is 9.29 Å². The molecule has 0 unspecified atom stereocenters. The first kappa shape index (κ1) is 21.0. The van der Waals surface area contributed by atoms with Crippen LogP contribution in [0.4, 0.5) is 26.3 Å². The fourth-order valence-electron chi connectivity index (χ4n) is 1.69. The zero-order valence-corrected chi connectivity index (χ0v) is 12.8. The summed E-state index contributed by atoms with van der Waals surface area (Å²) in [6, 6.07) is 4.00. The molecule has 0 heterocycles. The topological polar surface area (TPSA) is 83.5 Å². The van der Waals surface area contributed by atoms with Gasteiger partial charge in [0.25, 0.3) is 0 Å². The molecule has 12 heteroatoms. The van der Waals surface area contributed by atoms with Gasteiger partial charge in [0, 0.05) is 0 Å². The van der Waals surface area contributed by atoms with Crippen molar-refractivity contribution in [2.24, 2.45) is 0 Å². The van der Waals surface area contributed by atoms with Gasteiger partial charge in [0.1, 0.15) is 0 Å². The summed E-state index contributed by atoms with van der Waals surface area (Å²) in [6.07, 6.45) is -11.5. The van der Waals surface area contributed by atoms with Crippen LogP contribution in [0.5, 0.6) is 0 Å². The fourth-order valence-corrected chi connectivity index (χ4v) is 2.58. The lowest BCUT2D eigenvalue weighted by Crippen LogP contribution is -2.63. The van der Waals surface area contributed by atoms with E-state index in [9.17, 15) is 44.1 Å². The highest BCUT2D eigenvalue weighted by atomic mass is 32.2. The first-order valence-corrected chi connectivity index (χ1v) is 7.73. The molecule has 0 aromatic heterocycles. The van der Waals surface area contributed by atoms with Crippen LogP contribution in [0, 0.1) is 0 Å². The number of esters is 1. The number of halogens is 6. The maximum atomic E-state index is 13.0. The van der Waals surface area contributed by atoms with E-state index in [1.807, 2.05) is 0 Å². The number of benzene rings is 1. The summed E-state index contributed by atoms with van der Waals surface area (Å²) in [5, 5.41) is 0. The summed E-state index contributed by atoms with van der Waals surface area (Å²) >= 11 is 0. The Morgan fingerprint density at radius 1 is 1.08 bits per heavy atom. The van der Waals surface area contributed by atoms with Crippen LogP contribution in [0.1, 0.15) is 15.9 Å². The highest BCUT2D eigenvalue weighted by molar-refractivity contribution is 7.85. The van der Waals surface area contributed by atoms with Crippen molar-refractivity contribution in [2.75, 3.05) is 5.75 Å². The molecule has 0 amide bonds. The van der Waals surface area contributed by atoms with E-state index in [0.717, 1.165) is 24.3 Å². The molecule has 0 bridgehead atoms. The lowest BCUT2D eigenvalue weighted by molar-refractivity contribution is -0.356. The van der Waals surface area contributed by atoms with Gasteiger partial charge in [-0.2, -0.15) is 26.3 Å². The van der Waals surface area contributed by atoms with Crippen LogP contribution in [-0.2, 0) is 14.9 Å². The van der Waals surface area contributed by atoms with Gasteiger partial charge in [0.2, 0.25) is 0 Å². The largest absolute Gasteiger partial charge is 0.748 e. The number of hydrogen-bond donors (Lipinski definition) is 0. The van der Waals surface area contributed by atoms with Crippen LogP contribution in [0.15, 0.2) is 30.8 Å². The Balaban J connectivity index is 3.41. The summed E-state index contributed by atoms with van der Waals surface area (Å²) in [5.74, 6) is -5.14. The number of carbonyl (C=O) groups is 1. The summed E-state index contributed by atoms with van der Waals surface area (Å²) in [5.41, 5.74) is -5.81. The Labute approximate surface area is 137 Å². The molecule has 0 spiro atoms. The maximum absolute atomic E-state index is 13.0. The van der Waals surface area contributed by atoms with Crippen molar-refractivity contribution in [3.8, 4) is 0 Å². The second kappa shape index (κ2) is 6.67. The third-order valence-corrected chi connectivity index (χ3v) is 3.70. The van der Waals surface area contributed by atoms with E-state index in [0.29, 0.717) is 5.56 Å². The van der Waals surface area contributed by atoms with Crippen molar-refractivity contribution in [1.29, 1.82) is 0 Å². The number of rotatable bonds is 5. The van der Waals surface area contributed by atoms with Gasteiger partial charge >= 0.3 is 23.9 Å². The van der Waals surface area contributed by atoms with E-state index in [2.05, 4.69) is 11.3 Å². The van der Waals surface area contributed by atoms with E-state index in [1.165, 1.54) is 6.08 Å². The molecular weight excluding hydrogens is 382 g/mol. The van der Waals surface area contributed by atoms with Gasteiger partial charge in [-0.3, -0.25) is 0 Å². The van der Waals surface area contributed by atoms with Crippen LogP contribution in [0.25, 0.3) is 6.08 Å². The number of carbonyl (C=O) groups excluding carboxylic acids is 1. The average Bonchev–Trinajstić information content (AvgIpc) is 2.42. The van der Waals surface area contributed by atoms with Gasteiger partial charge in [-0.1, -0.05) is 24.8 Å². The van der Waals surface area contributed by atoms with Gasteiger partial charge in [-0.05, 0) is 17.7 Å². The third kappa shape index (κ3) is 4.72. The lowest BCUT2D eigenvalue weighted by atomic mass is 10.0. The minimum Gasteiger partial charge on any atom is -0.748 e. The van der Waals surface area contributed by atoms with Crippen molar-refractivity contribution in [2.45, 2.75) is 18.0 Å². The zero-order valence-electron chi connectivity index (χ0n) is 12.0. The van der Waals surface area contributed by atoms with E-state index >= 15 is 0 Å². The summed E-state index contributed by atoms with van der Waals surface area (Å²) in [4.78, 5) is 11.7. The standard InChI is InChI=1S/C13H10F6O5S/c1-2-8-3-5-9(6-4-8)10(20)24-11(12(14,15)16,13(17,18)19)7-25(21,22)23/h2-6H,1,7H2,(H,21,22,23)/p-1. The van der Waals surface area contributed by atoms with E-state index in [4.69, 9.17) is 0 Å².